The van der Waals surface area contributed by atoms with Crippen LogP contribution in [0.25, 0.3) is 0 Å². The summed E-state index contributed by atoms with van der Waals surface area (Å²) < 4.78 is 62.7. The third-order valence-electron chi connectivity index (χ3n) is 7.34. The minimum absolute atomic E-state index is 0.0234. The first-order valence-electron chi connectivity index (χ1n) is 14.2. The lowest BCUT2D eigenvalue weighted by Crippen LogP contribution is -2.52. The zero-order valence-corrected chi connectivity index (χ0v) is 26.0. The summed E-state index contributed by atoms with van der Waals surface area (Å²) in [5, 5.41) is 21.5. The van der Waals surface area contributed by atoms with Crippen LogP contribution in [-0.4, -0.2) is 96.6 Å². The van der Waals surface area contributed by atoms with E-state index in [9.17, 15) is 37.6 Å². The van der Waals surface area contributed by atoms with E-state index in [4.69, 9.17) is 18.7 Å². The molecule has 2 aromatic carbocycles. The van der Waals surface area contributed by atoms with Gasteiger partial charge in [0.15, 0.2) is 6.29 Å². The molecule has 2 aromatic rings. The van der Waals surface area contributed by atoms with Gasteiger partial charge in [0.05, 0.1) is 30.1 Å². The molecule has 2 aliphatic heterocycles. The second-order valence-corrected chi connectivity index (χ2v) is 14.3. The number of nitrogens with one attached hydrogen (secondary N) is 1. The zero-order chi connectivity index (χ0) is 32.1. The molecule has 0 aromatic heterocycles. The maximum atomic E-state index is 13.8. The first kappa shape index (κ1) is 34.5. The largest absolute Gasteiger partial charge is 0.488 e. The van der Waals surface area contributed by atoms with E-state index in [1.54, 1.807) is 44.2 Å². The molecule has 0 aliphatic carbocycles. The molecule has 14 nitrogen and oxygen atoms in total. The van der Waals surface area contributed by atoms with E-state index < -0.39 is 62.1 Å². The Bertz CT molecular complexity index is 1390. The molecular formula is C27H38BN2O12PS. The Balaban J connectivity index is 1.64. The SMILES string of the molecule is CC(C)CN(C[C@@H](OP(=O)(O)O)[C@H](Cc1ccccc1)NC(=O)O[C@H]1CO[C@H]2OCC[C@H]21)S(=O)(=O)c1ccc(B(O)O)cc1. The number of hydrogen-bond acceptors (Lipinski definition) is 10. The number of sulfonamides is 1. The average Bonchev–Trinajstić information content (AvgIpc) is 3.57. The molecule has 44 heavy (non-hydrogen) atoms. The number of carbonyl (C=O) groups is 1. The van der Waals surface area contributed by atoms with Crippen LogP contribution in [0.2, 0.25) is 0 Å². The molecule has 2 heterocycles. The van der Waals surface area contributed by atoms with Gasteiger partial charge < -0.3 is 39.4 Å². The third-order valence-corrected chi connectivity index (χ3v) is 9.73. The van der Waals surface area contributed by atoms with Crippen molar-refractivity contribution in [2.75, 3.05) is 26.3 Å². The van der Waals surface area contributed by atoms with Crippen LogP contribution in [0, 0.1) is 11.8 Å². The fraction of sp³-hybridized carbons (Fsp3) is 0.519. The highest BCUT2D eigenvalue weighted by Gasteiger charge is 2.44. The van der Waals surface area contributed by atoms with Gasteiger partial charge in [-0.25, -0.2) is 17.8 Å². The highest BCUT2D eigenvalue weighted by atomic mass is 32.2. The van der Waals surface area contributed by atoms with Crippen molar-refractivity contribution in [3.63, 3.8) is 0 Å². The van der Waals surface area contributed by atoms with Gasteiger partial charge in [-0.15, -0.1) is 0 Å². The standard InChI is InChI=1S/C27H38BN2O12PS/c1-18(2)15-30(44(37,38)21-10-8-20(9-11-21)28(32)33)16-24(42-43(34,35)36)23(14-19-6-4-3-5-7-19)29-27(31)41-25-17-40-26-22(25)12-13-39-26/h3-11,18,22-26,32-33H,12-17H2,1-2H3,(H,29,31)(H2,34,35,36)/t22-,23-,24+,25-,26+/m0/s1. The maximum absolute atomic E-state index is 13.8. The molecule has 5 N–H and O–H groups in total. The molecule has 2 aliphatic rings. The monoisotopic (exact) mass is 656 g/mol. The van der Waals surface area contributed by atoms with E-state index in [0.29, 0.717) is 18.6 Å². The van der Waals surface area contributed by atoms with Crippen molar-refractivity contribution in [3.8, 4) is 0 Å². The number of fused-ring (bicyclic) bond motifs is 1. The number of ether oxygens (including phenoxy) is 3. The number of phosphoric acid groups is 1. The second kappa shape index (κ2) is 14.8. The molecule has 5 atom stereocenters. The summed E-state index contributed by atoms with van der Waals surface area (Å²) >= 11 is 0. The molecule has 242 valence electrons. The molecule has 0 bridgehead atoms. The first-order valence-corrected chi connectivity index (χ1v) is 17.1. The van der Waals surface area contributed by atoms with Crippen molar-refractivity contribution in [2.45, 2.75) is 56.1 Å². The van der Waals surface area contributed by atoms with Crippen LogP contribution in [-0.2, 0) is 39.7 Å². The van der Waals surface area contributed by atoms with Gasteiger partial charge in [0.2, 0.25) is 10.0 Å². The van der Waals surface area contributed by atoms with E-state index in [0.717, 1.165) is 4.31 Å². The Morgan fingerprint density at radius 2 is 1.77 bits per heavy atom. The Labute approximate surface area is 256 Å². The highest BCUT2D eigenvalue weighted by molar-refractivity contribution is 7.89. The Hall–Kier alpha value is -2.37. The van der Waals surface area contributed by atoms with E-state index in [-0.39, 0.29) is 41.8 Å². The van der Waals surface area contributed by atoms with Crippen LogP contribution in [0.1, 0.15) is 25.8 Å². The minimum Gasteiger partial charge on any atom is -0.443 e. The lowest BCUT2D eigenvalue weighted by molar-refractivity contribution is -0.0907. The van der Waals surface area contributed by atoms with Crippen molar-refractivity contribution in [1.82, 2.24) is 9.62 Å². The number of carbonyl (C=O) groups excluding carboxylic acids is 1. The van der Waals surface area contributed by atoms with Gasteiger partial charge >= 0.3 is 21.0 Å². The molecule has 0 saturated carbocycles. The molecule has 2 saturated heterocycles. The number of phosphoric ester groups is 1. The van der Waals surface area contributed by atoms with E-state index in [1.807, 2.05) is 0 Å². The first-order chi connectivity index (χ1) is 20.7. The summed E-state index contributed by atoms with van der Waals surface area (Å²) in [5.74, 6) is -0.367. The summed E-state index contributed by atoms with van der Waals surface area (Å²) in [7, 11) is -11.3. The Morgan fingerprint density at radius 3 is 2.39 bits per heavy atom. The number of nitrogens with zero attached hydrogens (tertiary/aromatic N) is 1. The topological polar surface area (TPSA) is 201 Å². The number of amides is 1. The summed E-state index contributed by atoms with van der Waals surface area (Å²) in [6.07, 6.45) is -2.82. The van der Waals surface area contributed by atoms with Crippen LogP contribution >= 0.6 is 7.82 Å². The normalized spacial score (nSPS) is 21.7. The lowest BCUT2D eigenvalue weighted by atomic mass is 9.81. The van der Waals surface area contributed by atoms with E-state index in [2.05, 4.69) is 5.32 Å². The third kappa shape index (κ3) is 9.33. The molecule has 1 amide bonds. The predicted octanol–water partition coefficient (Wildman–Crippen LogP) is 0.590. The van der Waals surface area contributed by atoms with Gasteiger partial charge in [0.1, 0.15) is 12.2 Å². The number of rotatable bonds is 14. The van der Waals surface area contributed by atoms with Crippen LogP contribution in [0.15, 0.2) is 59.5 Å². The van der Waals surface area contributed by atoms with Crippen LogP contribution in [0.5, 0.6) is 0 Å². The van der Waals surface area contributed by atoms with Crippen molar-refractivity contribution >= 4 is 36.5 Å². The predicted molar refractivity (Wildman–Crippen MR) is 158 cm³/mol. The van der Waals surface area contributed by atoms with Gasteiger partial charge in [-0.1, -0.05) is 56.3 Å². The summed E-state index contributed by atoms with van der Waals surface area (Å²) in [6, 6.07) is 12.5. The van der Waals surface area contributed by atoms with E-state index >= 15 is 0 Å². The van der Waals surface area contributed by atoms with Gasteiger partial charge in [0.25, 0.3) is 0 Å². The van der Waals surface area contributed by atoms with E-state index in [1.165, 1.54) is 24.3 Å². The quantitative estimate of drug-likeness (QED) is 0.140. The van der Waals surface area contributed by atoms with Crippen LogP contribution in [0.4, 0.5) is 4.79 Å². The summed E-state index contributed by atoms with van der Waals surface area (Å²) in [6.45, 7) is 3.54. The Morgan fingerprint density at radius 1 is 1.09 bits per heavy atom. The smallest absolute Gasteiger partial charge is 0.443 e. The number of hydrogen-bond donors (Lipinski definition) is 5. The summed E-state index contributed by atoms with van der Waals surface area (Å²) in [4.78, 5) is 32.7. The molecule has 0 unspecified atom stereocenters. The number of benzene rings is 2. The van der Waals surface area contributed by atoms with Gasteiger partial charge in [-0.3, -0.25) is 4.52 Å². The second-order valence-electron chi connectivity index (χ2n) is 11.2. The van der Waals surface area contributed by atoms with Crippen molar-refractivity contribution in [3.05, 3.63) is 60.2 Å². The zero-order valence-electron chi connectivity index (χ0n) is 24.3. The van der Waals surface area contributed by atoms with Crippen molar-refractivity contribution in [1.29, 1.82) is 0 Å². The van der Waals surface area contributed by atoms with Crippen molar-refractivity contribution in [2.24, 2.45) is 11.8 Å². The number of alkyl carbamates (subject to hydrolysis) is 1. The molecule has 0 radical (unpaired) electrons. The molecule has 0 spiro atoms. The molecular weight excluding hydrogens is 618 g/mol. The summed E-state index contributed by atoms with van der Waals surface area (Å²) in [5.41, 5.74) is 0.762. The van der Waals surface area contributed by atoms with Gasteiger partial charge in [-0.05, 0) is 41.9 Å². The van der Waals surface area contributed by atoms with Crippen molar-refractivity contribution < 1.29 is 56.3 Å². The molecule has 17 heteroatoms. The minimum atomic E-state index is -5.21. The fourth-order valence-electron chi connectivity index (χ4n) is 5.26. The Kier molecular flexibility index (Phi) is 11.6. The molecule has 2 fully saturated rings. The fourth-order valence-corrected chi connectivity index (χ4v) is 7.45. The molecule has 4 rings (SSSR count). The lowest BCUT2D eigenvalue weighted by Gasteiger charge is -2.33. The van der Waals surface area contributed by atoms with Gasteiger partial charge in [-0.2, -0.15) is 4.31 Å². The maximum Gasteiger partial charge on any atom is 0.488 e. The van der Waals surface area contributed by atoms with Crippen LogP contribution < -0.4 is 10.8 Å². The van der Waals surface area contributed by atoms with Crippen LogP contribution in [0.3, 0.4) is 0 Å². The highest BCUT2D eigenvalue weighted by Crippen LogP contribution is 2.39. The van der Waals surface area contributed by atoms with Gasteiger partial charge in [0, 0.05) is 13.1 Å². The average molecular weight is 656 g/mol.